The van der Waals surface area contributed by atoms with Gasteiger partial charge in [0.05, 0.1) is 6.20 Å². The van der Waals surface area contributed by atoms with E-state index in [-0.39, 0.29) is 0 Å². The summed E-state index contributed by atoms with van der Waals surface area (Å²) in [6.45, 7) is 4.04. The van der Waals surface area contributed by atoms with Crippen LogP contribution in [0.3, 0.4) is 0 Å². The standard InChI is InChI=1S/C15H18ClN5/c1-11-12(16)6-5-7-13(11)18-15-19-14(10-17-20-15)21-8-3-2-4-9-21/h5-7,10H,2-4,8-9H2,1H3,(H,18,19,20). The van der Waals surface area contributed by atoms with Gasteiger partial charge in [0, 0.05) is 23.8 Å². The van der Waals surface area contributed by atoms with Gasteiger partial charge in [0.1, 0.15) is 0 Å². The summed E-state index contributed by atoms with van der Waals surface area (Å²) in [5.74, 6) is 1.38. The highest BCUT2D eigenvalue weighted by Crippen LogP contribution is 2.25. The normalized spacial score (nSPS) is 15.0. The van der Waals surface area contributed by atoms with E-state index in [0.717, 1.165) is 35.2 Å². The maximum atomic E-state index is 6.13. The van der Waals surface area contributed by atoms with Crippen molar-refractivity contribution in [3.05, 3.63) is 35.0 Å². The van der Waals surface area contributed by atoms with Crippen LogP contribution < -0.4 is 10.2 Å². The summed E-state index contributed by atoms with van der Waals surface area (Å²) in [4.78, 5) is 6.82. The predicted octanol–water partition coefficient (Wildman–Crippen LogP) is 3.57. The lowest BCUT2D eigenvalue weighted by molar-refractivity contribution is 0.572. The van der Waals surface area contributed by atoms with Crippen LogP contribution in [0.15, 0.2) is 24.4 Å². The van der Waals surface area contributed by atoms with E-state index < -0.39 is 0 Å². The molecule has 1 N–H and O–H groups in total. The molecule has 2 heterocycles. The smallest absolute Gasteiger partial charge is 0.249 e. The molecule has 21 heavy (non-hydrogen) atoms. The Morgan fingerprint density at radius 2 is 2.00 bits per heavy atom. The number of rotatable bonds is 3. The predicted molar refractivity (Wildman–Crippen MR) is 85.4 cm³/mol. The van der Waals surface area contributed by atoms with Gasteiger partial charge in [0.2, 0.25) is 5.95 Å². The Morgan fingerprint density at radius 3 is 2.81 bits per heavy atom. The minimum Gasteiger partial charge on any atom is -0.355 e. The monoisotopic (exact) mass is 303 g/mol. The minimum atomic E-state index is 0.503. The van der Waals surface area contributed by atoms with Crippen molar-refractivity contribution in [2.45, 2.75) is 26.2 Å². The van der Waals surface area contributed by atoms with Gasteiger partial charge in [0.15, 0.2) is 5.82 Å². The first-order chi connectivity index (χ1) is 10.2. The highest BCUT2D eigenvalue weighted by Gasteiger charge is 2.13. The van der Waals surface area contributed by atoms with Gasteiger partial charge in [-0.15, -0.1) is 5.10 Å². The minimum absolute atomic E-state index is 0.503. The molecule has 0 radical (unpaired) electrons. The fourth-order valence-electron chi connectivity index (χ4n) is 2.49. The van der Waals surface area contributed by atoms with Crippen molar-refractivity contribution < 1.29 is 0 Å². The first kappa shape index (κ1) is 14.1. The molecule has 1 aliphatic rings. The maximum Gasteiger partial charge on any atom is 0.249 e. The molecule has 1 aliphatic heterocycles. The Hall–Kier alpha value is -1.88. The van der Waals surface area contributed by atoms with Gasteiger partial charge in [-0.1, -0.05) is 17.7 Å². The number of nitrogens with zero attached hydrogens (tertiary/aromatic N) is 4. The van der Waals surface area contributed by atoms with Crippen molar-refractivity contribution in [1.82, 2.24) is 15.2 Å². The molecule has 0 unspecified atom stereocenters. The summed E-state index contributed by atoms with van der Waals surface area (Å²) in [6, 6.07) is 5.73. The van der Waals surface area contributed by atoms with Crippen molar-refractivity contribution in [2.24, 2.45) is 0 Å². The van der Waals surface area contributed by atoms with E-state index in [9.17, 15) is 0 Å². The summed E-state index contributed by atoms with van der Waals surface area (Å²) < 4.78 is 0. The van der Waals surface area contributed by atoms with Crippen LogP contribution in [0, 0.1) is 6.92 Å². The Balaban J connectivity index is 1.81. The molecule has 0 saturated carbocycles. The summed E-state index contributed by atoms with van der Waals surface area (Å²) in [6.07, 6.45) is 5.43. The second kappa shape index (κ2) is 6.26. The molecule has 0 aliphatic carbocycles. The van der Waals surface area contributed by atoms with E-state index in [2.05, 4.69) is 25.4 Å². The molecule has 2 aromatic rings. The number of anilines is 3. The van der Waals surface area contributed by atoms with Crippen LogP contribution in [-0.4, -0.2) is 28.3 Å². The van der Waals surface area contributed by atoms with E-state index in [0.29, 0.717) is 5.95 Å². The van der Waals surface area contributed by atoms with Crippen molar-refractivity contribution in [2.75, 3.05) is 23.3 Å². The summed E-state index contributed by atoms with van der Waals surface area (Å²) in [5, 5.41) is 12.0. The van der Waals surface area contributed by atoms with Crippen LogP contribution in [0.25, 0.3) is 0 Å². The van der Waals surface area contributed by atoms with Crippen LogP contribution in [0.4, 0.5) is 17.5 Å². The molecule has 0 atom stereocenters. The van der Waals surface area contributed by atoms with E-state index in [1.807, 2.05) is 25.1 Å². The van der Waals surface area contributed by atoms with Crippen LogP contribution in [0.5, 0.6) is 0 Å². The van der Waals surface area contributed by atoms with Gasteiger partial charge < -0.3 is 10.2 Å². The van der Waals surface area contributed by atoms with Crippen molar-refractivity contribution in [3.8, 4) is 0 Å². The van der Waals surface area contributed by atoms with E-state index in [4.69, 9.17) is 11.6 Å². The van der Waals surface area contributed by atoms with Crippen LogP contribution >= 0.6 is 11.6 Å². The fourth-order valence-corrected chi connectivity index (χ4v) is 2.66. The van der Waals surface area contributed by atoms with Crippen LogP contribution in [0.1, 0.15) is 24.8 Å². The summed E-state index contributed by atoms with van der Waals surface area (Å²) in [5.41, 5.74) is 1.88. The summed E-state index contributed by atoms with van der Waals surface area (Å²) in [7, 11) is 0. The third-order valence-corrected chi connectivity index (χ3v) is 4.15. The topological polar surface area (TPSA) is 53.9 Å². The number of benzene rings is 1. The molecular weight excluding hydrogens is 286 g/mol. The zero-order valence-electron chi connectivity index (χ0n) is 12.0. The Morgan fingerprint density at radius 1 is 1.19 bits per heavy atom. The van der Waals surface area contributed by atoms with Crippen molar-refractivity contribution in [3.63, 3.8) is 0 Å². The van der Waals surface area contributed by atoms with Crippen LogP contribution in [0.2, 0.25) is 5.02 Å². The molecule has 1 aromatic heterocycles. The largest absolute Gasteiger partial charge is 0.355 e. The first-order valence-electron chi connectivity index (χ1n) is 7.21. The first-order valence-corrected chi connectivity index (χ1v) is 7.58. The van der Waals surface area contributed by atoms with E-state index in [1.54, 1.807) is 6.20 Å². The molecule has 1 saturated heterocycles. The lowest BCUT2D eigenvalue weighted by Crippen LogP contribution is -2.30. The quantitative estimate of drug-likeness (QED) is 0.939. The number of hydrogen-bond acceptors (Lipinski definition) is 5. The second-order valence-corrected chi connectivity index (χ2v) is 5.63. The Labute approximate surface area is 129 Å². The lowest BCUT2D eigenvalue weighted by Gasteiger charge is -2.27. The molecule has 3 rings (SSSR count). The molecular formula is C15H18ClN5. The molecule has 6 heteroatoms. The molecule has 1 fully saturated rings. The highest BCUT2D eigenvalue weighted by molar-refractivity contribution is 6.31. The molecule has 0 amide bonds. The van der Waals surface area contributed by atoms with Gasteiger partial charge in [-0.2, -0.15) is 10.1 Å². The number of halogens is 1. The van der Waals surface area contributed by atoms with E-state index >= 15 is 0 Å². The number of nitrogens with one attached hydrogen (secondary N) is 1. The lowest BCUT2D eigenvalue weighted by atomic mass is 10.1. The van der Waals surface area contributed by atoms with Gasteiger partial charge in [0.25, 0.3) is 0 Å². The Kier molecular flexibility index (Phi) is 4.20. The molecule has 0 spiro atoms. The molecule has 0 bridgehead atoms. The van der Waals surface area contributed by atoms with Crippen molar-refractivity contribution in [1.29, 1.82) is 0 Å². The maximum absolute atomic E-state index is 6.13. The van der Waals surface area contributed by atoms with Crippen LogP contribution in [-0.2, 0) is 0 Å². The SMILES string of the molecule is Cc1c(Cl)cccc1Nc1nncc(N2CCCCC2)n1. The molecule has 110 valence electrons. The number of hydrogen-bond donors (Lipinski definition) is 1. The highest BCUT2D eigenvalue weighted by atomic mass is 35.5. The third kappa shape index (κ3) is 3.24. The van der Waals surface area contributed by atoms with E-state index in [1.165, 1.54) is 19.3 Å². The van der Waals surface area contributed by atoms with Gasteiger partial charge in [-0.05, 0) is 43.9 Å². The van der Waals surface area contributed by atoms with Gasteiger partial charge in [-0.3, -0.25) is 0 Å². The molecule has 1 aromatic carbocycles. The summed E-state index contributed by atoms with van der Waals surface area (Å²) >= 11 is 6.13. The van der Waals surface area contributed by atoms with Gasteiger partial charge >= 0.3 is 0 Å². The number of piperidine rings is 1. The number of aromatic nitrogens is 3. The molecule has 5 nitrogen and oxygen atoms in total. The average Bonchev–Trinajstić information content (AvgIpc) is 2.53. The average molecular weight is 304 g/mol. The van der Waals surface area contributed by atoms with Crippen molar-refractivity contribution >= 4 is 29.1 Å². The fraction of sp³-hybridized carbons (Fsp3) is 0.400. The zero-order chi connectivity index (χ0) is 14.7. The van der Waals surface area contributed by atoms with Gasteiger partial charge in [-0.25, -0.2) is 0 Å². The second-order valence-electron chi connectivity index (χ2n) is 5.22. The third-order valence-electron chi connectivity index (χ3n) is 3.74. The Bertz CT molecular complexity index is 625. The zero-order valence-corrected chi connectivity index (χ0v) is 12.8.